The molecule has 0 unspecified atom stereocenters. The molecule has 0 N–H and O–H groups in total. The number of hydrazine groups is 2. The summed E-state index contributed by atoms with van der Waals surface area (Å²) in [5.41, 5.74) is 0.0648. The van der Waals surface area contributed by atoms with E-state index in [1.54, 1.807) is 0 Å². The molecule has 0 spiro atoms. The quantitative estimate of drug-likeness (QED) is 0.623. The van der Waals surface area contributed by atoms with Gasteiger partial charge in [0.1, 0.15) is 0 Å². The highest BCUT2D eigenvalue weighted by Crippen LogP contribution is 2.19. The highest BCUT2D eigenvalue weighted by Gasteiger charge is 2.25. The van der Waals surface area contributed by atoms with Crippen LogP contribution in [0.1, 0.15) is 0 Å². The Morgan fingerprint density at radius 2 is 1.33 bits per heavy atom. The van der Waals surface area contributed by atoms with Crippen LogP contribution in [-0.2, 0) is 0 Å². The van der Waals surface area contributed by atoms with E-state index in [1.165, 1.54) is 0 Å². The lowest BCUT2D eigenvalue weighted by Gasteiger charge is -2.35. The number of thiol groups is 1. The molecule has 0 bridgehead atoms. The van der Waals surface area contributed by atoms with Gasteiger partial charge in [-0.05, 0) is 0 Å². The lowest BCUT2D eigenvalue weighted by atomic mass is 10.9. The molecular weight excluding hydrogens is 172 g/mol. The Hall–Kier alpha value is -0.390. The molecular formula is C7H16N4S. The molecule has 0 saturated carbocycles. The van der Waals surface area contributed by atoms with Gasteiger partial charge in [0.05, 0.1) is 0 Å². The third kappa shape index (κ3) is 1.68. The van der Waals surface area contributed by atoms with Gasteiger partial charge in [0.25, 0.3) is 0 Å². The van der Waals surface area contributed by atoms with E-state index in [1.807, 2.05) is 60.6 Å². The first-order chi connectivity index (χ1) is 5.54. The van der Waals surface area contributed by atoms with Crippen LogP contribution in [0.15, 0.2) is 12.4 Å². The van der Waals surface area contributed by atoms with Crippen molar-refractivity contribution in [3.05, 3.63) is 12.4 Å². The van der Waals surface area contributed by atoms with E-state index in [9.17, 15) is 0 Å². The Balaban J connectivity index is 2.62. The van der Waals surface area contributed by atoms with Gasteiger partial charge >= 0.3 is 0 Å². The largest absolute Gasteiger partial charge is 0.279 e. The average molecular weight is 188 g/mol. The highest BCUT2D eigenvalue weighted by atomic mass is 32.1. The van der Waals surface area contributed by atoms with Gasteiger partial charge < -0.3 is 0 Å². The second kappa shape index (κ2) is 3.55. The Morgan fingerprint density at radius 3 is 1.50 bits per heavy atom. The van der Waals surface area contributed by atoms with Gasteiger partial charge in [0.15, 0.2) is 5.50 Å². The van der Waals surface area contributed by atoms with Gasteiger partial charge in [-0.25, -0.2) is 10.0 Å². The topological polar surface area (TPSA) is 13.0 Å². The van der Waals surface area contributed by atoms with Crippen molar-refractivity contribution in [2.45, 2.75) is 5.50 Å². The first kappa shape index (κ1) is 9.70. The van der Waals surface area contributed by atoms with Crippen molar-refractivity contribution >= 4 is 12.6 Å². The van der Waals surface area contributed by atoms with E-state index in [0.717, 1.165) is 0 Å². The van der Waals surface area contributed by atoms with Gasteiger partial charge in [0, 0.05) is 40.6 Å². The zero-order valence-corrected chi connectivity index (χ0v) is 8.86. The fourth-order valence-corrected chi connectivity index (χ4v) is 1.66. The second-order valence-electron chi connectivity index (χ2n) is 3.10. The summed E-state index contributed by atoms with van der Waals surface area (Å²) in [5, 5.41) is 8.06. The molecule has 12 heavy (non-hydrogen) atoms. The predicted molar refractivity (Wildman–Crippen MR) is 53.0 cm³/mol. The molecule has 0 radical (unpaired) electrons. The van der Waals surface area contributed by atoms with Crippen LogP contribution >= 0.6 is 12.6 Å². The Kier molecular flexibility index (Phi) is 2.87. The van der Waals surface area contributed by atoms with Crippen LogP contribution in [0.3, 0.4) is 0 Å². The molecule has 0 aromatic carbocycles. The fourth-order valence-electron chi connectivity index (χ4n) is 1.09. The minimum absolute atomic E-state index is 0.0648. The molecule has 0 fully saturated rings. The second-order valence-corrected chi connectivity index (χ2v) is 3.56. The van der Waals surface area contributed by atoms with Gasteiger partial charge in [0.2, 0.25) is 0 Å². The molecule has 0 aromatic heterocycles. The van der Waals surface area contributed by atoms with Crippen LogP contribution in [0.25, 0.3) is 0 Å². The predicted octanol–water partition coefficient (Wildman–Crippen LogP) is 0.242. The summed E-state index contributed by atoms with van der Waals surface area (Å²) < 4.78 is 0. The van der Waals surface area contributed by atoms with Crippen LogP contribution in [0.2, 0.25) is 0 Å². The maximum Gasteiger partial charge on any atom is 0.174 e. The molecule has 4 nitrogen and oxygen atoms in total. The van der Waals surface area contributed by atoms with Crippen molar-refractivity contribution < 1.29 is 0 Å². The SMILES string of the molecule is CN(C)N1C=CN(N(C)C)C1S. The standard InChI is InChI=1S/C7H16N4S/c1-8(2)10-5-6-11(7(10)12)9(3)4/h5-7,12H,1-4H3. The van der Waals surface area contributed by atoms with Crippen molar-refractivity contribution in [1.29, 1.82) is 0 Å². The maximum atomic E-state index is 4.47. The van der Waals surface area contributed by atoms with E-state index in [0.29, 0.717) is 0 Å². The van der Waals surface area contributed by atoms with Crippen molar-refractivity contribution in [1.82, 2.24) is 20.0 Å². The first-order valence-electron chi connectivity index (χ1n) is 3.81. The third-order valence-electron chi connectivity index (χ3n) is 1.77. The van der Waals surface area contributed by atoms with Crippen LogP contribution < -0.4 is 0 Å². The van der Waals surface area contributed by atoms with Crippen molar-refractivity contribution in [3.8, 4) is 0 Å². The summed E-state index contributed by atoms with van der Waals surface area (Å²) in [7, 11) is 7.97. The summed E-state index contributed by atoms with van der Waals surface area (Å²) in [6.45, 7) is 0. The third-order valence-corrected chi connectivity index (χ3v) is 2.24. The van der Waals surface area contributed by atoms with Crippen LogP contribution in [-0.4, -0.2) is 53.7 Å². The number of rotatable bonds is 2. The molecule has 5 heteroatoms. The molecule has 1 rings (SSSR count). The summed E-state index contributed by atoms with van der Waals surface area (Å²) in [4.78, 5) is 0. The molecule has 0 atom stereocenters. The smallest absolute Gasteiger partial charge is 0.174 e. The monoisotopic (exact) mass is 188 g/mol. The molecule has 0 saturated heterocycles. The molecule has 0 aromatic rings. The number of hydrogen-bond donors (Lipinski definition) is 1. The summed E-state index contributed by atoms with van der Waals surface area (Å²) in [5.74, 6) is 0. The van der Waals surface area contributed by atoms with E-state index in [-0.39, 0.29) is 5.50 Å². The molecule has 0 aliphatic carbocycles. The normalized spacial score (nSPS) is 18.9. The van der Waals surface area contributed by atoms with E-state index in [2.05, 4.69) is 12.6 Å². The Bertz CT molecular complexity index is 162. The molecule has 70 valence electrons. The van der Waals surface area contributed by atoms with Crippen molar-refractivity contribution in [2.75, 3.05) is 28.2 Å². The highest BCUT2D eigenvalue weighted by molar-refractivity contribution is 7.80. The number of hydrogen-bond acceptors (Lipinski definition) is 5. The van der Waals surface area contributed by atoms with Gasteiger partial charge in [-0.1, -0.05) is 0 Å². The lowest BCUT2D eigenvalue weighted by Crippen LogP contribution is -2.46. The number of nitrogens with zero attached hydrogens (tertiary/aromatic N) is 4. The Labute approximate surface area is 79.4 Å². The average Bonchev–Trinajstić information content (AvgIpc) is 2.30. The van der Waals surface area contributed by atoms with Gasteiger partial charge in [-0.3, -0.25) is 10.0 Å². The van der Waals surface area contributed by atoms with Crippen molar-refractivity contribution in [3.63, 3.8) is 0 Å². The molecule has 1 aliphatic heterocycles. The summed E-state index contributed by atoms with van der Waals surface area (Å²) in [6.07, 6.45) is 4.00. The van der Waals surface area contributed by atoms with Gasteiger partial charge in [-0.2, -0.15) is 0 Å². The fraction of sp³-hybridized carbons (Fsp3) is 0.714. The van der Waals surface area contributed by atoms with Crippen LogP contribution in [0, 0.1) is 0 Å². The van der Waals surface area contributed by atoms with E-state index < -0.39 is 0 Å². The minimum atomic E-state index is 0.0648. The molecule has 0 amide bonds. The summed E-state index contributed by atoms with van der Waals surface area (Å²) in [6, 6.07) is 0. The van der Waals surface area contributed by atoms with E-state index in [4.69, 9.17) is 0 Å². The van der Waals surface area contributed by atoms with Crippen molar-refractivity contribution in [2.24, 2.45) is 0 Å². The lowest BCUT2D eigenvalue weighted by molar-refractivity contribution is -0.0272. The van der Waals surface area contributed by atoms with E-state index >= 15 is 0 Å². The van der Waals surface area contributed by atoms with Gasteiger partial charge in [-0.15, -0.1) is 12.6 Å². The first-order valence-corrected chi connectivity index (χ1v) is 4.33. The zero-order valence-electron chi connectivity index (χ0n) is 7.97. The maximum absolute atomic E-state index is 4.47. The van der Waals surface area contributed by atoms with Crippen LogP contribution in [0.4, 0.5) is 0 Å². The van der Waals surface area contributed by atoms with Crippen LogP contribution in [0.5, 0.6) is 0 Å². The summed E-state index contributed by atoms with van der Waals surface area (Å²) >= 11 is 4.47. The molecule has 1 heterocycles. The minimum Gasteiger partial charge on any atom is -0.279 e. The molecule has 1 aliphatic rings. The zero-order chi connectivity index (χ0) is 9.30. The Morgan fingerprint density at radius 1 is 1.00 bits per heavy atom.